The number of hydrogen-bond donors (Lipinski definition) is 1. The summed E-state index contributed by atoms with van der Waals surface area (Å²) in [7, 11) is 0. The molecule has 2 N–H and O–H groups in total. The van der Waals surface area contributed by atoms with Crippen molar-refractivity contribution in [3.05, 3.63) is 17.6 Å². The number of nitrogens with zero attached hydrogens (tertiary/aromatic N) is 4. The molecule has 1 aromatic heterocycles. The lowest BCUT2D eigenvalue weighted by atomic mass is 9.78. The highest BCUT2D eigenvalue weighted by atomic mass is 16.2. The van der Waals surface area contributed by atoms with Gasteiger partial charge in [0.2, 0.25) is 5.91 Å². The van der Waals surface area contributed by atoms with Crippen molar-refractivity contribution in [3.8, 4) is 0 Å². The summed E-state index contributed by atoms with van der Waals surface area (Å²) in [4.78, 5) is 26.9. The first-order valence-electron chi connectivity index (χ1n) is 10.9. The molecule has 0 atom stereocenters. The first kappa shape index (κ1) is 17.4. The molecule has 1 aromatic rings. The fraction of sp³-hybridized carbons (Fsp3) is 0.762. The van der Waals surface area contributed by atoms with E-state index in [0.717, 1.165) is 63.5 Å². The Hall–Kier alpha value is -1.69. The van der Waals surface area contributed by atoms with Gasteiger partial charge >= 0.3 is 0 Å². The third-order valence-corrected chi connectivity index (χ3v) is 6.87. The van der Waals surface area contributed by atoms with Crippen LogP contribution in [-0.2, 0) is 4.79 Å². The third-order valence-electron chi connectivity index (χ3n) is 6.87. The van der Waals surface area contributed by atoms with Gasteiger partial charge in [-0.15, -0.1) is 0 Å². The summed E-state index contributed by atoms with van der Waals surface area (Å²) in [6, 6.07) is 2.54. The van der Waals surface area contributed by atoms with Crippen LogP contribution in [0.5, 0.6) is 0 Å². The smallest absolute Gasteiger partial charge is 0.225 e. The molecule has 6 nitrogen and oxygen atoms in total. The number of carbonyl (C=O) groups excluding carboxylic acids is 1. The Morgan fingerprint density at radius 3 is 2.30 bits per heavy atom. The van der Waals surface area contributed by atoms with Gasteiger partial charge in [-0.25, -0.2) is 9.97 Å². The number of likely N-dealkylation sites (tertiary alicyclic amines) is 1. The van der Waals surface area contributed by atoms with Crippen LogP contribution in [0.15, 0.2) is 6.07 Å². The maximum Gasteiger partial charge on any atom is 0.225 e. The normalized spacial score (nSPS) is 29.1. The van der Waals surface area contributed by atoms with Crippen LogP contribution >= 0.6 is 0 Å². The maximum absolute atomic E-state index is 12.7. The van der Waals surface area contributed by atoms with E-state index < -0.39 is 0 Å². The van der Waals surface area contributed by atoms with E-state index in [-0.39, 0.29) is 5.92 Å². The number of rotatable bonds is 4. The lowest BCUT2D eigenvalue weighted by molar-refractivity contribution is -0.135. The Bertz CT molecular complexity index is 699. The van der Waals surface area contributed by atoms with Crippen LogP contribution in [0.3, 0.4) is 0 Å². The monoisotopic (exact) mass is 369 g/mol. The molecule has 27 heavy (non-hydrogen) atoms. The van der Waals surface area contributed by atoms with E-state index in [2.05, 4.69) is 15.9 Å². The highest BCUT2D eigenvalue weighted by Gasteiger charge is 2.34. The standard InChI is InChI=1S/C21H31N5O/c22-17-11-16(12-17)18-13-19(24-20(23-18)14-3-4-14)25-9-5-15(6-10-25)21(27)26-7-1-2-8-26/h13-17H,1-12,22H2. The van der Waals surface area contributed by atoms with E-state index in [1.165, 1.54) is 31.4 Å². The summed E-state index contributed by atoms with van der Waals surface area (Å²) in [6.45, 7) is 3.77. The van der Waals surface area contributed by atoms with Crippen molar-refractivity contribution in [3.63, 3.8) is 0 Å². The number of amides is 1. The minimum atomic E-state index is 0.202. The highest BCUT2D eigenvalue weighted by molar-refractivity contribution is 5.79. The largest absolute Gasteiger partial charge is 0.356 e. The van der Waals surface area contributed by atoms with Gasteiger partial charge in [-0.3, -0.25) is 4.79 Å². The summed E-state index contributed by atoms with van der Waals surface area (Å²) in [5.74, 6) is 3.78. The van der Waals surface area contributed by atoms with Gasteiger partial charge < -0.3 is 15.5 Å². The van der Waals surface area contributed by atoms with E-state index in [9.17, 15) is 4.79 Å². The molecular formula is C21H31N5O. The van der Waals surface area contributed by atoms with Gasteiger partial charge in [-0.2, -0.15) is 0 Å². The van der Waals surface area contributed by atoms with Crippen LogP contribution in [0, 0.1) is 5.92 Å². The van der Waals surface area contributed by atoms with E-state index in [1.54, 1.807) is 0 Å². The second kappa shape index (κ2) is 7.04. The second-order valence-electron chi connectivity index (χ2n) is 9.01. The molecule has 4 fully saturated rings. The molecule has 2 aliphatic heterocycles. The van der Waals surface area contributed by atoms with Crippen LogP contribution in [0.25, 0.3) is 0 Å². The zero-order chi connectivity index (χ0) is 18.4. The summed E-state index contributed by atoms with van der Waals surface area (Å²) in [5, 5.41) is 0. The first-order valence-corrected chi connectivity index (χ1v) is 10.9. The predicted molar refractivity (Wildman–Crippen MR) is 105 cm³/mol. The SMILES string of the molecule is NC1CC(c2cc(N3CCC(C(=O)N4CCCC4)CC3)nc(C3CC3)n2)C1. The Kier molecular flexibility index (Phi) is 4.54. The quantitative estimate of drug-likeness (QED) is 0.882. The van der Waals surface area contributed by atoms with E-state index in [1.807, 2.05) is 0 Å². The zero-order valence-electron chi connectivity index (χ0n) is 16.1. The van der Waals surface area contributed by atoms with Crippen molar-refractivity contribution in [2.24, 2.45) is 11.7 Å². The van der Waals surface area contributed by atoms with Crippen molar-refractivity contribution in [2.45, 2.75) is 69.2 Å². The van der Waals surface area contributed by atoms with Crippen LogP contribution < -0.4 is 10.6 Å². The Morgan fingerprint density at radius 2 is 1.67 bits per heavy atom. The fourth-order valence-electron chi connectivity index (χ4n) is 4.82. The lowest BCUT2D eigenvalue weighted by Crippen LogP contribution is -2.42. The average Bonchev–Trinajstić information content (AvgIpc) is 3.39. The molecule has 5 rings (SSSR count). The van der Waals surface area contributed by atoms with Crippen LogP contribution in [-0.4, -0.2) is 53.0 Å². The molecule has 3 heterocycles. The molecule has 0 radical (unpaired) electrons. The van der Waals surface area contributed by atoms with Gasteiger partial charge in [0, 0.05) is 61.7 Å². The van der Waals surface area contributed by atoms with Crippen LogP contribution in [0.2, 0.25) is 0 Å². The minimum absolute atomic E-state index is 0.202. The molecule has 1 amide bonds. The molecular weight excluding hydrogens is 338 g/mol. The van der Waals surface area contributed by atoms with Gasteiger partial charge in [0.25, 0.3) is 0 Å². The molecule has 0 spiro atoms. The molecule has 0 unspecified atom stereocenters. The molecule has 4 aliphatic rings. The molecule has 6 heteroatoms. The molecule has 2 saturated carbocycles. The van der Waals surface area contributed by atoms with E-state index in [4.69, 9.17) is 15.7 Å². The Labute approximate surface area is 161 Å². The summed E-state index contributed by atoms with van der Waals surface area (Å²) < 4.78 is 0. The fourth-order valence-corrected chi connectivity index (χ4v) is 4.82. The van der Waals surface area contributed by atoms with Crippen molar-refractivity contribution in [2.75, 3.05) is 31.1 Å². The second-order valence-corrected chi connectivity index (χ2v) is 9.01. The summed E-state index contributed by atoms with van der Waals surface area (Å²) >= 11 is 0. The van der Waals surface area contributed by atoms with Crippen molar-refractivity contribution in [1.29, 1.82) is 0 Å². The number of carbonyl (C=O) groups is 1. The van der Waals surface area contributed by atoms with Gasteiger partial charge in [-0.1, -0.05) is 0 Å². The van der Waals surface area contributed by atoms with Gasteiger partial charge in [0.05, 0.1) is 0 Å². The molecule has 146 valence electrons. The average molecular weight is 370 g/mol. The Morgan fingerprint density at radius 1 is 0.963 bits per heavy atom. The Balaban J connectivity index is 1.28. The number of piperidine rings is 1. The number of nitrogens with two attached hydrogens (primary N) is 1. The zero-order valence-corrected chi connectivity index (χ0v) is 16.1. The number of aromatic nitrogens is 2. The number of anilines is 1. The first-order chi connectivity index (χ1) is 13.2. The van der Waals surface area contributed by atoms with E-state index >= 15 is 0 Å². The molecule has 0 bridgehead atoms. The van der Waals surface area contributed by atoms with Gasteiger partial charge in [0.1, 0.15) is 11.6 Å². The van der Waals surface area contributed by atoms with Gasteiger partial charge in [0.15, 0.2) is 0 Å². The highest BCUT2D eigenvalue weighted by Crippen LogP contribution is 2.41. The topological polar surface area (TPSA) is 75.3 Å². The minimum Gasteiger partial charge on any atom is -0.356 e. The molecule has 2 aliphatic carbocycles. The van der Waals surface area contributed by atoms with Crippen LogP contribution in [0.4, 0.5) is 5.82 Å². The van der Waals surface area contributed by atoms with Crippen molar-refractivity contribution in [1.82, 2.24) is 14.9 Å². The summed E-state index contributed by atoms with van der Waals surface area (Å²) in [5.41, 5.74) is 7.20. The van der Waals surface area contributed by atoms with Gasteiger partial charge in [-0.05, 0) is 51.4 Å². The van der Waals surface area contributed by atoms with Crippen LogP contribution in [0.1, 0.15) is 74.7 Å². The van der Waals surface area contributed by atoms with Crippen molar-refractivity contribution >= 4 is 11.7 Å². The number of hydrogen-bond acceptors (Lipinski definition) is 5. The molecule has 2 saturated heterocycles. The van der Waals surface area contributed by atoms with Crippen molar-refractivity contribution < 1.29 is 4.79 Å². The lowest BCUT2D eigenvalue weighted by Gasteiger charge is -2.35. The summed E-state index contributed by atoms with van der Waals surface area (Å²) in [6.07, 6.45) is 8.77. The maximum atomic E-state index is 12.7. The predicted octanol–water partition coefficient (Wildman–Crippen LogP) is 2.40. The van der Waals surface area contributed by atoms with E-state index in [0.29, 0.717) is 23.8 Å². The third kappa shape index (κ3) is 3.56. The molecule has 0 aromatic carbocycles.